The summed E-state index contributed by atoms with van der Waals surface area (Å²) in [5.41, 5.74) is 2.27. The first-order chi connectivity index (χ1) is 11.6. The lowest BCUT2D eigenvalue weighted by Crippen LogP contribution is -2.34. The molecule has 0 radical (unpaired) electrons. The van der Waals surface area contributed by atoms with E-state index in [4.69, 9.17) is 0 Å². The number of nitrogens with zero attached hydrogens (tertiary/aromatic N) is 4. The lowest BCUT2D eigenvalue weighted by molar-refractivity contribution is -0.129. The fourth-order valence-electron chi connectivity index (χ4n) is 3.09. The molecule has 6 heteroatoms. The van der Waals surface area contributed by atoms with Crippen molar-refractivity contribution in [3.63, 3.8) is 0 Å². The largest absolute Gasteiger partial charge is 0.342 e. The summed E-state index contributed by atoms with van der Waals surface area (Å²) in [6.45, 7) is 8.69. The molecule has 0 N–H and O–H groups in total. The van der Waals surface area contributed by atoms with Gasteiger partial charge in [-0.25, -0.2) is 0 Å². The van der Waals surface area contributed by atoms with Gasteiger partial charge >= 0.3 is 0 Å². The van der Waals surface area contributed by atoms with Crippen molar-refractivity contribution in [2.24, 2.45) is 0 Å². The highest BCUT2D eigenvalue weighted by atomic mass is 32.2. The normalized spacial score (nSPS) is 15.7. The molecule has 1 saturated heterocycles. The number of aromatic nitrogens is 3. The van der Waals surface area contributed by atoms with Crippen LogP contribution in [0.4, 0.5) is 0 Å². The van der Waals surface area contributed by atoms with Crippen LogP contribution in [0.5, 0.6) is 0 Å². The fraction of sp³-hybridized carbons (Fsp3) is 0.500. The average molecular weight is 344 g/mol. The first-order valence-electron chi connectivity index (χ1n) is 8.56. The molecule has 1 aromatic carbocycles. The molecular formula is C18H24N4OS. The first-order valence-corrected chi connectivity index (χ1v) is 9.44. The number of likely N-dealkylation sites (tertiary alicyclic amines) is 1. The molecule has 2 heterocycles. The van der Waals surface area contributed by atoms with Crippen LogP contribution in [-0.2, 0) is 11.3 Å². The van der Waals surface area contributed by atoms with Gasteiger partial charge in [0.05, 0.1) is 5.25 Å². The van der Waals surface area contributed by atoms with Crippen LogP contribution in [0.2, 0.25) is 0 Å². The molecule has 0 spiro atoms. The molecule has 0 aliphatic carbocycles. The van der Waals surface area contributed by atoms with E-state index < -0.39 is 0 Å². The molecule has 5 nitrogen and oxygen atoms in total. The van der Waals surface area contributed by atoms with E-state index in [1.54, 1.807) is 0 Å². The van der Waals surface area contributed by atoms with Gasteiger partial charge in [0.1, 0.15) is 0 Å². The van der Waals surface area contributed by atoms with Crippen molar-refractivity contribution in [1.82, 2.24) is 19.7 Å². The van der Waals surface area contributed by atoms with E-state index >= 15 is 0 Å². The van der Waals surface area contributed by atoms with Crippen LogP contribution in [0.3, 0.4) is 0 Å². The van der Waals surface area contributed by atoms with Crippen molar-refractivity contribution in [1.29, 1.82) is 0 Å². The number of hydrogen-bond acceptors (Lipinski definition) is 4. The predicted octanol–water partition coefficient (Wildman–Crippen LogP) is 3.38. The molecule has 24 heavy (non-hydrogen) atoms. The minimum Gasteiger partial charge on any atom is -0.342 e. The van der Waals surface area contributed by atoms with Crippen LogP contribution >= 0.6 is 11.8 Å². The summed E-state index contributed by atoms with van der Waals surface area (Å²) in [4.78, 5) is 14.5. The number of thioether (sulfide) groups is 1. The third kappa shape index (κ3) is 3.34. The predicted molar refractivity (Wildman–Crippen MR) is 97.0 cm³/mol. The van der Waals surface area contributed by atoms with Crippen molar-refractivity contribution in [2.45, 2.75) is 50.6 Å². The minimum absolute atomic E-state index is 0.137. The van der Waals surface area contributed by atoms with Crippen molar-refractivity contribution in [3.05, 3.63) is 29.8 Å². The first kappa shape index (κ1) is 17.0. The molecule has 1 fully saturated rings. The molecule has 1 aliphatic rings. The van der Waals surface area contributed by atoms with Gasteiger partial charge in [-0.2, -0.15) is 0 Å². The van der Waals surface area contributed by atoms with Gasteiger partial charge < -0.3 is 9.47 Å². The molecule has 3 rings (SSSR count). The Balaban J connectivity index is 1.82. The van der Waals surface area contributed by atoms with E-state index in [1.807, 2.05) is 24.0 Å². The van der Waals surface area contributed by atoms with Crippen molar-refractivity contribution < 1.29 is 4.79 Å². The number of aryl methyl sites for hydroxylation is 1. The van der Waals surface area contributed by atoms with Gasteiger partial charge in [-0.3, -0.25) is 4.79 Å². The van der Waals surface area contributed by atoms with Crippen LogP contribution in [0.25, 0.3) is 11.4 Å². The highest BCUT2D eigenvalue weighted by Gasteiger charge is 2.26. The maximum Gasteiger partial charge on any atom is 0.235 e. The van der Waals surface area contributed by atoms with Crippen LogP contribution in [-0.4, -0.2) is 43.9 Å². The highest BCUT2D eigenvalue weighted by Crippen LogP contribution is 2.29. The lowest BCUT2D eigenvalue weighted by atomic mass is 10.1. The molecule has 128 valence electrons. The fourth-order valence-corrected chi connectivity index (χ4v) is 4.08. The summed E-state index contributed by atoms with van der Waals surface area (Å²) in [6, 6.07) is 8.19. The third-order valence-electron chi connectivity index (χ3n) is 4.47. The van der Waals surface area contributed by atoms with E-state index in [0.29, 0.717) is 0 Å². The van der Waals surface area contributed by atoms with Gasteiger partial charge in [-0.15, -0.1) is 10.2 Å². The summed E-state index contributed by atoms with van der Waals surface area (Å²) in [5, 5.41) is 9.43. The molecule has 1 aliphatic heterocycles. The van der Waals surface area contributed by atoms with Crippen LogP contribution in [0.15, 0.2) is 29.4 Å². The molecule has 1 atom stereocenters. The zero-order valence-corrected chi connectivity index (χ0v) is 15.3. The van der Waals surface area contributed by atoms with Gasteiger partial charge in [-0.05, 0) is 39.2 Å². The van der Waals surface area contributed by atoms with E-state index in [2.05, 4.69) is 40.7 Å². The highest BCUT2D eigenvalue weighted by molar-refractivity contribution is 8.00. The monoisotopic (exact) mass is 344 g/mol. The second-order valence-electron chi connectivity index (χ2n) is 6.16. The molecule has 2 aromatic rings. The molecule has 1 aromatic heterocycles. The number of benzene rings is 1. The molecule has 0 unspecified atom stereocenters. The number of amides is 1. The van der Waals surface area contributed by atoms with Gasteiger partial charge in [0.15, 0.2) is 11.0 Å². The Kier molecular flexibility index (Phi) is 5.23. The average Bonchev–Trinajstić information content (AvgIpc) is 3.24. The van der Waals surface area contributed by atoms with E-state index in [9.17, 15) is 4.79 Å². The molecule has 1 amide bonds. The number of carbonyl (C=O) groups excluding carboxylic acids is 1. The quantitative estimate of drug-likeness (QED) is 0.780. The standard InChI is InChI=1S/C18H24N4OS/c1-4-22-16(15-10-6-5-9-13(15)2)19-20-18(22)24-14(3)17(23)21-11-7-8-12-21/h5-6,9-10,14H,4,7-8,11-12H2,1-3H3/t14-/m0/s1. The summed E-state index contributed by atoms with van der Waals surface area (Å²) < 4.78 is 2.10. The summed E-state index contributed by atoms with van der Waals surface area (Å²) in [6.07, 6.45) is 2.23. The van der Waals surface area contributed by atoms with Crippen LogP contribution in [0.1, 0.15) is 32.3 Å². The Morgan fingerprint density at radius 2 is 1.96 bits per heavy atom. The lowest BCUT2D eigenvalue weighted by Gasteiger charge is -2.19. The second-order valence-corrected chi connectivity index (χ2v) is 7.47. The topological polar surface area (TPSA) is 51.0 Å². The molecule has 0 saturated carbocycles. The maximum absolute atomic E-state index is 12.5. The Bertz CT molecular complexity index is 722. The van der Waals surface area contributed by atoms with E-state index in [0.717, 1.165) is 49.0 Å². The van der Waals surface area contributed by atoms with Gasteiger partial charge in [0.2, 0.25) is 5.91 Å². The maximum atomic E-state index is 12.5. The Hall–Kier alpha value is -1.82. The van der Waals surface area contributed by atoms with E-state index in [-0.39, 0.29) is 11.2 Å². The Morgan fingerprint density at radius 3 is 2.62 bits per heavy atom. The van der Waals surface area contributed by atoms with Crippen LogP contribution < -0.4 is 0 Å². The van der Waals surface area contributed by atoms with E-state index in [1.165, 1.54) is 17.3 Å². The van der Waals surface area contributed by atoms with Crippen LogP contribution in [0, 0.1) is 6.92 Å². The number of carbonyl (C=O) groups is 1. The number of rotatable bonds is 5. The third-order valence-corrected chi connectivity index (χ3v) is 5.53. The SMILES string of the molecule is CCn1c(S[C@@H](C)C(=O)N2CCCC2)nnc1-c1ccccc1C. The summed E-state index contributed by atoms with van der Waals surface area (Å²) in [5.74, 6) is 1.08. The number of hydrogen-bond donors (Lipinski definition) is 0. The minimum atomic E-state index is -0.137. The zero-order chi connectivity index (χ0) is 17.1. The molecular weight excluding hydrogens is 320 g/mol. The van der Waals surface area contributed by atoms with Crippen molar-refractivity contribution in [2.75, 3.05) is 13.1 Å². The Morgan fingerprint density at radius 1 is 1.25 bits per heavy atom. The smallest absolute Gasteiger partial charge is 0.235 e. The van der Waals surface area contributed by atoms with Gasteiger partial charge in [0, 0.05) is 25.2 Å². The van der Waals surface area contributed by atoms with Gasteiger partial charge in [0.25, 0.3) is 0 Å². The molecule has 0 bridgehead atoms. The summed E-state index contributed by atoms with van der Waals surface area (Å²) >= 11 is 1.51. The van der Waals surface area contributed by atoms with Crippen molar-refractivity contribution in [3.8, 4) is 11.4 Å². The van der Waals surface area contributed by atoms with Crippen molar-refractivity contribution >= 4 is 17.7 Å². The summed E-state index contributed by atoms with van der Waals surface area (Å²) in [7, 11) is 0. The second kappa shape index (κ2) is 7.38. The zero-order valence-electron chi connectivity index (χ0n) is 14.5. The van der Waals surface area contributed by atoms with Gasteiger partial charge in [-0.1, -0.05) is 36.0 Å². The Labute approximate surface area is 147 Å².